The number of carbonyl (C=O) groups is 1. The Bertz CT molecular complexity index is 1190. The molecular formula is C25H24N2O3. The van der Waals surface area contributed by atoms with E-state index in [1.54, 1.807) is 0 Å². The summed E-state index contributed by atoms with van der Waals surface area (Å²) in [5.74, 6) is 0.978. The van der Waals surface area contributed by atoms with Crippen LogP contribution in [0.2, 0.25) is 0 Å². The predicted octanol–water partition coefficient (Wildman–Crippen LogP) is 5.69. The van der Waals surface area contributed by atoms with Crippen molar-refractivity contribution in [2.45, 2.75) is 27.2 Å². The van der Waals surface area contributed by atoms with Crippen LogP contribution < -0.4 is 10.1 Å². The zero-order chi connectivity index (χ0) is 21.1. The Labute approximate surface area is 175 Å². The molecule has 0 unspecified atom stereocenters. The standard InChI is InChI=1S/C25H24N2O3/c1-4-18-8-10-21(11-9-18)29-15-23(28)26-20-7-5-6-19(14-20)25-27-22-13-16(2)12-17(3)24(22)30-25/h5-14H,4,15H2,1-3H3,(H,26,28). The van der Waals surface area contributed by atoms with Gasteiger partial charge in [-0.3, -0.25) is 4.79 Å². The van der Waals surface area contributed by atoms with Crippen molar-refractivity contribution in [1.82, 2.24) is 4.98 Å². The lowest BCUT2D eigenvalue weighted by molar-refractivity contribution is -0.118. The number of aryl methyl sites for hydroxylation is 3. The number of benzene rings is 3. The largest absolute Gasteiger partial charge is 0.484 e. The monoisotopic (exact) mass is 400 g/mol. The van der Waals surface area contributed by atoms with Gasteiger partial charge in [0.2, 0.25) is 5.89 Å². The van der Waals surface area contributed by atoms with E-state index in [-0.39, 0.29) is 12.5 Å². The van der Waals surface area contributed by atoms with E-state index in [1.165, 1.54) is 5.56 Å². The molecule has 5 heteroatoms. The molecule has 0 bridgehead atoms. The molecular weight excluding hydrogens is 376 g/mol. The molecule has 0 aliphatic heterocycles. The van der Waals surface area contributed by atoms with Crippen LogP contribution in [0, 0.1) is 13.8 Å². The van der Waals surface area contributed by atoms with Gasteiger partial charge in [-0.2, -0.15) is 0 Å². The molecule has 0 aliphatic carbocycles. The van der Waals surface area contributed by atoms with Crippen LogP contribution in [0.15, 0.2) is 65.1 Å². The summed E-state index contributed by atoms with van der Waals surface area (Å²) in [5.41, 5.74) is 6.51. The molecule has 3 aromatic carbocycles. The highest BCUT2D eigenvalue weighted by molar-refractivity contribution is 5.92. The van der Waals surface area contributed by atoms with E-state index in [4.69, 9.17) is 9.15 Å². The van der Waals surface area contributed by atoms with E-state index in [1.807, 2.05) is 68.4 Å². The molecule has 4 rings (SSSR count). The minimum Gasteiger partial charge on any atom is -0.484 e. The molecule has 152 valence electrons. The first-order valence-corrected chi connectivity index (χ1v) is 10.0. The summed E-state index contributed by atoms with van der Waals surface area (Å²) in [6.07, 6.45) is 0.969. The maximum atomic E-state index is 12.3. The van der Waals surface area contributed by atoms with Crippen molar-refractivity contribution < 1.29 is 13.9 Å². The van der Waals surface area contributed by atoms with Crippen molar-refractivity contribution in [3.63, 3.8) is 0 Å². The molecule has 0 fully saturated rings. The quantitative estimate of drug-likeness (QED) is 0.451. The van der Waals surface area contributed by atoms with Gasteiger partial charge < -0.3 is 14.5 Å². The van der Waals surface area contributed by atoms with Crippen LogP contribution in [0.1, 0.15) is 23.6 Å². The smallest absolute Gasteiger partial charge is 0.262 e. The van der Waals surface area contributed by atoms with Gasteiger partial charge in [-0.1, -0.05) is 31.2 Å². The Morgan fingerprint density at radius 3 is 2.63 bits per heavy atom. The van der Waals surface area contributed by atoms with Gasteiger partial charge in [0.1, 0.15) is 11.3 Å². The third-order valence-electron chi connectivity index (χ3n) is 4.91. The Morgan fingerprint density at radius 2 is 1.87 bits per heavy atom. The zero-order valence-corrected chi connectivity index (χ0v) is 17.4. The number of hydrogen-bond donors (Lipinski definition) is 1. The minimum atomic E-state index is -0.226. The number of nitrogens with one attached hydrogen (secondary N) is 1. The van der Waals surface area contributed by atoms with Crippen LogP contribution in [0.3, 0.4) is 0 Å². The van der Waals surface area contributed by atoms with Gasteiger partial charge >= 0.3 is 0 Å². The van der Waals surface area contributed by atoms with Gasteiger partial charge in [0.05, 0.1) is 0 Å². The summed E-state index contributed by atoms with van der Waals surface area (Å²) < 4.78 is 11.6. The van der Waals surface area contributed by atoms with Crippen LogP contribution in [0.4, 0.5) is 5.69 Å². The van der Waals surface area contributed by atoms with Gasteiger partial charge in [0.15, 0.2) is 12.2 Å². The molecule has 1 heterocycles. The number of carbonyl (C=O) groups excluding carboxylic acids is 1. The predicted molar refractivity (Wildman–Crippen MR) is 119 cm³/mol. The van der Waals surface area contributed by atoms with Crippen molar-refractivity contribution in [3.8, 4) is 17.2 Å². The van der Waals surface area contributed by atoms with E-state index in [9.17, 15) is 4.79 Å². The lowest BCUT2D eigenvalue weighted by Gasteiger charge is -2.08. The summed E-state index contributed by atoms with van der Waals surface area (Å²) >= 11 is 0. The van der Waals surface area contributed by atoms with Crippen LogP contribution in [-0.2, 0) is 11.2 Å². The van der Waals surface area contributed by atoms with Crippen molar-refractivity contribution in [3.05, 3.63) is 77.4 Å². The summed E-state index contributed by atoms with van der Waals surface area (Å²) in [4.78, 5) is 16.9. The number of hydrogen-bond acceptors (Lipinski definition) is 4. The molecule has 1 N–H and O–H groups in total. The molecule has 0 aliphatic rings. The highest BCUT2D eigenvalue weighted by Crippen LogP contribution is 2.28. The molecule has 0 saturated heterocycles. The highest BCUT2D eigenvalue weighted by atomic mass is 16.5. The Hall–Kier alpha value is -3.60. The van der Waals surface area contributed by atoms with Crippen LogP contribution in [-0.4, -0.2) is 17.5 Å². The second-order valence-electron chi connectivity index (χ2n) is 7.36. The second kappa shape index (κ2) is 8.41. The van der Waals surface area contributed by atoms with E-state index >= 15 is 0 Å². The lowest BCUT2D eigenvalue weighted by atomic mass is 10.1. The summed E-state index contributed by atoms with van der Waals surface area (Å²) in [7, 11) is 0. The molecule has 0 spiro atoms. The van der Waals surface area contributed by atoms with Crippen molar-refractivity contribution in [2.75, 3.05) is 11.9 Å². The lowest BCUT2D eigenvalue weighted by Crippen LogP contribution is -2.20. The van der Waals surface area contributed by atoms with E-state index in [2.05, 4.69) is 23.3 Å². The van der Waals surface area contributed by atoms with Crippen LogP contribution >= 0.6 is 0 Å². The van der Waals surface area contributed by atoms with Crippen molar-refractivity contribution >= 4 is 22.7 Å². The van der Waals surface area contributed by atoms with Gasteiger partial charge in [0.25, 0.3) is 5.91 Å². The number of aromatic nitrogens is 1. The van der Waals surface area contributed by atoms with Crippen LogP contribution in [0.5, 0.6) is 5.75 Å². The molecule has 4 aromatic rings. The second-order valence-corrected chi connectivity index (χ2v) is 7.36. The van der Waals surface area contributed by atoms with Crippen LogP contribution in [0.25, 0.3) is 22.6 Å². The van der Waals surface area contributed by atoms with Gasteiger partial charge in [-0.05, 0) is 73.4 Å². The third-order valence-corrected chi connectivity index (χ3v) is 4.91. The van der Waals surface area contributed by atoms with Gasteiger partial charge in [-0.15, -0.1) is 0 Å². The molecule has 1 amide bonds. The number of fused-ring (bicyclic) bond motifs is 1. The molecule has 0 saturated carbocycles. The number of ether oxygens (including phenoxy) is 1. The maximum Gasteiger partial charge on any atom is 0.262 e. The minimum absolute atomic E-state index is 0.0585. The summed E-state index contributed by atoms with van der Waals surface area (Å²) in [5, 5.41) is 2.87. The first kappa shape index (κ1) is 19.7. The van der Waals surface area contributed by atoms with Gasteiger partial charge in [-0.25, -0.2) is 4.98 Å². The first-order valence-electron chi connectivity index (χ1n) is 10.0. The van der Waals surface area contributed by atoms with E-state index in [0.29, 0.717) is 17.3 Å². The maximum absolute atomic E-state index is 12.3. The zero-order valence-electron chi connectivity index (χ0n) is 17.4. The summed E-state index contributed by atoms with van der Waals surface area (Å²) in [6, 6.07) is 19.3. The van der Waals surface area contributed by atoms with Crippen molar-refractivity contribution in [2.24, 2.45) is 0 Å². The molecule has 30 heavy (non-hydrogen) atoms. The normalized spacial score (nSPS) is 10.9. The number of amides is 1. The Kier molecular flexibility index (Phi) is 5.53. The fourth-order valence-corrected chi connectivity index (χ4v) is 3.40. The number of oxazole rings is 1. The topological polar surface area (TPSA) is 64.4 Å². The Morgan fingerprint density at radius 1 is 1.07 bits per heavy atom. The SMILES string of the molecule is CCc1ccc(OCC(=O)Nc2cccc(-c3nc4cc(C)cc(C)c4o3)c2)cc1. The number of rotatable bonds is 6. The molecule has 0 atom stereocenters. The number of nitrogens with zero attached hydrogens (tertiary/aromatic N) is 1. The average Bonchev–Trinajstić information content (AvgIpc) is 3.17. The van der Waals surface area contributed by atoms with Crippen molar-refractivity contribution in [1.29, 1.82) is 0 Å². The summed E-state index contributed by atoms with van der Waals surface area (Å²) in [6.45, 7) is 6.09. The Balaban J connectivity index is 1.45. The van der Waals surface area contributed by atoms with E-state index in [0.717, 1.165) is 34.2 Å². The number of anilines is 1. The molecule has 1 aromatic heterocycles. The van der Waals surface area contributed by atoms with Gasteiger partial charge in [0, 0.05) is 11.3 Å². The fourth-order valence-electron chi connectivity index (χ4n) is 3.40. The highest BCUT2D eigenvalue weighted by Gasteiger charge is 2.12. The molecule has 0 radical (unpaired) electrons. The first-order chi connectivity index (χ1) is 14.5. The molecule has 5 nitrogen and oxygen atoms in total. The third kappa shape index (κ3) is 4.35. The van der Waals surface area contributed by atoms with E-state index < -0.39 is 0 Å². The average molecular weight is 400 g/mol. The fraction of sp³-hybridized carbons (Fsp3) is 0.200.